The van der Waals surface area contributed by atoms with Crippen LogP contribution in [0.3, 0.4) is 0 Å². The molecule has 1 aromatic heterocycles. The molecule has 0 saturated carbocycles. The third-order valence-corrected chi connectivity index (χ3v) is 3.28. The van der Waals surface area contributed by atoms with Crippen molar-refractivity contribution in [2.24, 2.45) is 11.7 Å². The topological polar surface area (TPSA) is 59.5 Å². The summed E-state index contributed by atoms with van der Waals surface area (Å²) in [7, 11) is 0. The van der Waals surface area contributed by atoms with Gasteiger partial charge >= 0.3 is 0 Å². The number of amides is 1. The zero-order chi connectivity index (χ0) is 11.7. The van der Waals surface area contributed by atoms with Crippen LogP contribution in [0.25, 0.3) is 0 Å². The van der Waals surface area contributed by atoms with E-state index in [4.69, 9.17) is 10.2 Å². The molecule has 1 fully saturated rings. The van der Waals surface area contributed by atoms with Gasteiger partial charge in [0.1, 0.15) is 12.0 Å². The van der Waals surface area contributed by atoms with Crippen LogP contribution in [0.5, 0.6) is 0 Å². The third-order valence-electron chi connectivity index (χ3n) is 3.28. The summed E-state index contributed by atoms with van der Waals surface area (Å²) in [6.07, 6.45) is 2.49. The average molecular weight is 222 g/mol. The monoisotopic (exact) mass is 222 g/mol. The molecular formula is C12H18N2O2. The maximum Gasteiger partial charge on any atom is 0.257 e. The zero-order valence-electron chi connectivity index (χ0n) is 9.77. The van der Waals surface area contributed by atoms with Gasteiger partial charge in [0.15, 0.2) is 0 Å². The Labute approximate surface area is 95.4 Å². The summed E-state index contributed by atoms with van der Waals surface area (Å²) in [6, 6.07) is 1.86. The molecule has 1 amide bonds. The number of hydrogen-bond acceptors (Lipinski definition) is 3. The minimum atomic E-state index is 0.0270. The van der Waals surface area contributed by atoms with Crippen molar-refractivity contribution in [3.05, 3.63) is 23.7 Å². The molecular weight excluding hydrogens is 204 g/mol. The van der Waals surface area contributed by atoms with E-state index in [1.165, 1.54) is 6.26 Å². The van der Waals surface area contributed by atoms with Crippen LogP contribution in [0.2, 0.25) is 0 Å². The first-order chi connectivity index (χ1) is 7.58. The van der Waals surface area contributed by atoms with Crippen LogP contribution >= 0.6 is 0 Å². The van der Waals surface area contributed by atoms with Crippen molar-refractivity contribution in [2.75, 3.05) is 13.1 Å². The predicted molar refractivity (Wildman–Crippen MR) is 61.1 cm³/mol. The molecule has 0 spiro atoms. The zero-order valence-corrected chi connectivity index (χ0v) is 9.77. The van der Waals surface area contributed by atoms with Crippen LogP contribution in [-0.4, -0.2) is 29.9 Å². The molecule has 4 nitrogen and oxygen atoms in total. The number of nitrogens with two attached hydrogens (primary N) is 1. The predicted octanol–water partition coefficient (Wildman–Crippen LogP) is 1.40. The first kappa shape index (κ1) is 11.2. The quantitative estimate of drug-likeness (QED) is 0.781. The van der Waals surface area contributed by atoms with E-state index >= 15 is 0 Å². The van der Waals surface area contributed by atoms with Crippen molar-refractivity contribution in [1.82, 2.24) is 4.90 Å². The van der Waals surface area contributed by atoms with Gasteiger partial charge in [-0.05, 0) is 25.3 Å². The fourth-order valence-electron chi connectivity index (χ4n) is 2.02. The summed E-state index contributed by atoms with van der Waals surface area (Å²) in [5, 5.41) is 0. The first-order valence-corrected chi connectivity index (χ1v) is 5.68. The van der Waals surface area contributed by atoms with E-state index in [0.29, 0.717) is 18.0 Å². The molecule has 0 aliphatic carbocycles. The van der Waals surface area contributed by atoms with Gasteiger partial charge in [-0.3, -0.25) is 4.79 Å². The van der Waals surface area contributed by atoms with Gasteiger partial charge in [-0.25, -0.2) is 0 Å². The van der Waals surface area contributed by atoms with Crippen molar-refractivity contribution in [3.8, 4) is 0 Å². The Balaban J connectivity index is 2.06. The Morgan fingerprint density at radius 2 is 2.38 bits per heavy atom. The molecule has 4 heteroatoms. The van der Waals surface area contributed by atoms with Crippen LogP contribution in [-0.2, 0) is 0 Å². The number of likely N-dealkylation sites (tertiary alicyclic amines) is 1. The van der Waals surface area contributed by atoms with Crippen LogP contribution in [0, 0.1) is 12.8 Å². The van der Waals surface area contributed by atoms with Crippen molar-refractivity contribution < 1.29 is 9.21 Å². The van der Waals surface area contributed by atoms with Crippen molar-refractivity contribution in [1.29, 1.82) is 0 Å². The number of furan rings is 1. The molecule has 16 heavy (non-hydrogen) atoms. The minimum absolute atomic E-state index is 0.0270. The van der Waals surface area contributed by atoms with Crippen molar-refractivity contribution >= 4 is 5.91 Å². The van der Waals surface area contributed by atoms with Gasteiger partial charge in [0, 0.05) is 19.1 Å². The summed E-state index contributed by atoms with van der Waals surface area (Å²) in [5.74, 6) is 1.28. The molecule has 2 rings (SSSR count). The van der Waals surface area contributed by atoms with Gasteiger partial charge in [-0.15, -0.1) is 0 Å². The van der Waals surface area contributed by atoms with E-state index in [9.17, 15) is 4.79 Å². The second-order valence-corrected chi connectivity index (χ2v) is 4.63. The average Bonchev–Trinajstić information content (AvgIpc) is 2.68. The number of piperidine rings is 1. The molecule has 1 aromatic rings. The van der Waals surface area contributed by atoms with E-state index in [-0.39, 0.29) is 11.9 Å². The molecule has 1 aliphatic heterocycles. The lowest BCUT2D eigenvalue weighted by Crippen LogP contribution is -2.49. The van der Waals surface area contributed by atoms with E-state index in [0.717, 1.165) is 18.7 Å². The highest BCUT2D eigenvalue weighted by atomic mass is 16.3. The van der Waals surface area contributed by atoms with Gasteiger partial charge in [0.2, 0.25) is 0 Å². The van der Waals surface area contributed by atoms with Crippen LogP contribution in [0.4, 0.5) is 0 Å². The van der Waals surface area contributed by atoms with E-state index in [1.807, 2.05) is 11.8 Å². The Hall–Kier alpha value is -1.29. The lowest BCUT2D eigenvalue weighted by atomic mass is 9.94. The highest BCUT2D eigenvalue weighted by Crippen LogP contribution is 2.18. The van der Waals surface area contributed by atoms with Gasteiger partial charge in [0.05, 0.1) is 5.56 Å². The number of carbonyl (C=O) groups excluding carboxylic acids is 1. The molecule has 88 valence electrons. The molecule has 0 radical (unpaired) electrons. The van der Waals surface area contributed by atoms with E-state index in [1.54, 1.807) is 6.07 Å². The van der Waals surface area contributed by atoms with Crippen LogP contribution < -0.4 is 5.73 Å². The SMILES string of the molecule is Cc1cc(C(=O)N2CCC(C)C(N)C2)co1. The second-order valence-electron chi connectivity index (χ2n) is 4.63. The maximum atomic E-state index is 12.1. The molecule has 2 atom stereocenters. The largest absolute Gasteiger partial charge is 0.469 e. The Morgan fingerprint density at radius 1 is 1.62 bits per heavy atom. The summed E-state index contributed by atoms with van der Waals surface area (Å²) in [4.78, 5) is 13.9. The molecule has 0 aromatic carbocycles. The molecule has 1 saturated heterocycles. The fourth-order valence-corrected chi connectivity index (χ4v) is 2.02. The van der Waals surface area contributed by atoms with Crippen LogP contribution in [0.1, 0.15) is 29.5 Å². The second kappa shape index (κ2) is 4.29. The van der Waals surface area contributed by atoms with Crippen LogP contribution in [0.15, 0.2) is 16.7 Å². The summed E-state index contributed by atoms with van der Waals surface area (Å²) >= 11 is 0. The number of nitrogens with zero attached hydrogens (tertiary/aromatic N) is 1. The normalized spacial score (nSPS) is 25.8. The smallest absolute Gasteiger partial charge is 0.257 e. The summed E-state index contributed by atoms with van der Waals surface area (Å²) in [5.41, 5.74) is 6.60. The Kier molecular flexibility index (Phi) is 3.01. The molecule has 2 heterocycles. The lowest BCUT2D eigenvalue weighted by molar-refractivity contribution is 0.0671. The third kappa shape index (κ3) is 2.11. The van der Waals surface area contributed by atoms with E-state index < -0.39 is 0 Å². The Morgan fingerprint density at radius 3 is 2.94 bits per heavy atom. The summed E-state index contributed by atoms with van der Waals surface area (Å²) < 4.78 is 5.15. The minimum Gasteiger partial charge on any atom is -0.469 e. The molecule has 2 N–H and O–H groups in total. The fraction of sp³-hybridized carbons (Fsp3) is 0.583. The highest BCUT2D eigenvalue weighted by Gasteiger charge is 2.27. The lowest BCUT2D eigenvalue weighted by Gasteiger charge is -2.34. The molecule has 1 aliphatic rings. The number of rotatable bonds is 1. The molecule has 0 bridgehead atoms. The highest BCUT2D eigenvalue weighted by molar-refractivity contribution is 5.94. The molecule has 2 unspecified atom stereocenters. The van der Waals surface area contributed by atoms with E-state index in [2.05, 4.69) is 6.92 Å². The number of carbonyl (C=O) groups is 1. The maximum absolute atomic E-state index is 12.1. The number of aryl methyl sites for hydroxylation is 1. The van der Waals surface area contributed by atoms with Crippen molar-refractivity contribution in [2.45, 2.75) is 26.3 Å². The van der Waals surface area contributed by atoms with Gasteiger partial charge < -0.3 is 15.1 Å². The Bertz CT molecular complexity index is 386. The summed E-state index contributed by atoms with van der Waals surface area (Å²) in [6.45, 7) is 5.40. The van der Waals surface area contributed by atoms with Gasteiger partial charge in [0.25, 0.3) is 5.91 Å². The van der Waals surface area contributed by atoms with Gasteiger partial charge in [-0.1, -0.05) is 6.92 Å². The first-order valence-electron chi connectivity index (χ1n) is 5.68. The standard InChI is InChI=1S/C12H18N2O2/c1-8-3-4-14(6-11(8)13)12(15)10-5-9(2)16-7-10/h5,7-8,11H,3-4,6,13H2,1-2H3. The van der Waals surface area contributed by atoms with Crippen molar-refractivity contribution in [3.63, 3.8) is 0 Å². The number of hydrogen-bond donors (Lipinski definition) is 1. The van der Waals surface area contributed by atoms with Gasteiger partial charge in [-0.2, -0.15) is 0 Å².